The number of nitrogens with zero attached hydrogens (tertiary/aromatic N) is 4. The van der Waals surface area contributed by atoms with Gasteiger partial charge in [-0.25, -0.2) is 9.97 Å². The predicted octanol–water partition coefficient (Wildman–Crippen LogP) is 2.00. The Morgan fingerprint density at radius 3 is 3.00 bits per heavy atom. The van der Waals surface area contributed by atoms with Gasteiger partial charge in [0.2, 0.25) is 0 Å². The summed E-state index contributed by atoms with van der Waals surface area (Å²) in [4.78, 5) is 18.2. The highest BCUT2D eigenvalue weighted by Crippen LogP contribution is 2.17. The van der Waals surface area contributed by atoms with Gasteiger partial charge in [-0.1, -0.05) is 0 Å². The summed E-state index contributed by atoms with van der Waals surface area (Å²) in [5, 5.41) is 13.8. The number of nitro groups is 1. The van der Waals surface area contributed by atoms with E-state index in [0.717, 1.165) is 25.1 Å². The fraction of sp³-hybridized carbons (Fsp3) is 0.333. The fourth-order valence-electron chi connectivity index (χ4n) is 1.73. The number of pyridine rings is 1. The van der Waals surface area contributed by atoms with Crippen molar-refractivity contribution in [2.75, 3.05) is 11.9 Å². The van der Waals surface area contributed by atoms with E-state index in [4.69, 9.17) is 0 Å². The minimum Gasteiger partial charge on any atom is -0.370 e. The lowest BCUT2D eigenvalue weighted by Gasteiger charge is -2.08. The van der Waals surface area contributed by atoms with Gasteiger partial charge in [-0.2, -0.15) is 0 Å². The van der Waals surface area contributed by atoms with Gasteiger partial charge >= 0.3 is 0 Å². The summed E-state index contributed by atoms with van der Waals surface area (Å²) in [6, 6.07) is 1.52. The first-order valence-electron chi connectivity index (χ1n) is 5.97. The molecule has 0 aromatic carbocycles. The lowest BCUT2D eigenvalue weighted by molar-refractivity contribution is -0.385. The number of nitrogens with one attached hydrogen (secondary N) is 1. The van der Waals surface area contributed by atoms with Crippen LogP contribution in [0.15, 0.2) is 31.0 Å². The van der Waals surface area contributed by atoms with Crippen LogP contribution >= 0.6 is 0 Å². The van der Waals surface area contributed by atoms with E-state index in [1.807, 2.05) is 10.8 Å². The van der Waals surface area contributed by atoms with Gasteiger partial charge < -0.3 is 9.88 Å². The number of rotatable bonds is 6. The summed E-state index contributed by atoms with van der Waals surface area (Å²) in [5.41, 5.74) is 0.790. The number of hydrogen-bond donors (Lipinski definition) is 1. The molecule has 7 nitrogen and oxygen atoms in total. The van der Waals surface area contributed by atoms with E-state index in [1.165, 1.54) is 12.3 Å². The van der Waals surface area contributed by atoms with Gasteiger partial charge in [0.05, 0.1) is 11.3 Å². The van der Waals surface area contributed by atoms with Gasteiger partial charge in [-0.15, -0.1) is 0 Å². The summed E-state index contributed by atoms with van der Waals surface area (Å²) in [7, 11) is 0. The van der Waals surface area contributed by atoms with E-state index in [0.29, 0.717) is 5.82 Å². The molecule has 0 unspecified atom stereocenters. The van der Waals surface area contributed by atoms with Crippen molar-refractivity contribution >= 4 is 11.5 Å². The molecule has 0 bridgehead atoms. The third-order valence-electron chi connectivity index (χ3n) is 2.72. The van der Waals surface area contributed by atoms with Crippen molar-refractivity contribution in [1.82, 2.24) is 14.5 Å². The highest BCUT2D eigenvalue weighted by atomic mass is 16.6. The zero-order valence-corrected chi connectivity index (χ0v) is 10.6. The molecule has 1 N–H and O–H groups in total. The summed E-state index contributed by atoms with van der Waals surface area (Å²) in [6.07, 6.45) is 7.62. The molecule has 0 aliphatic carbocycles. The topological polar surface area (TPSA) is 85.9 Å². The second kappa shape index (κ2) is 5.94. The van der Waals surface area contributed by atoms with Crippen LogP contribution < -0.4 is 5.32 Å². The third-order valence-corrected chi connectivity index (χ3v) is 2.72. The number of aromatic nitrogens is 3. The van der Waals surface area contributed by atoms with Crippen LogP contribution in [-0.2, 0) is 6.54 Å². The van der Waals surface area contributed by atoms with Crippen LogP contribution in [0.4, 0.5) is 11.5 Å². The lowest BCUT2D eigenvalue weighted by atomic mass is 10.2. The molecule has 100 valence electrons. The molecule has 19 heavy (non-hydrogen) atoms. The Morgan fingerprint density at radius 2 is 2.37 bits per heavy atom. The first-order chi connectivity index (χ1) is 9.16. The van der Waals surface area contributed by atoms with Crippen LogP contribution in [0.1, 0.15) is 12.0 Å². The molecule has 0 saturated heterocycles. The Morgan fingerprint density at radius 1 is 1.53 bits per heavy atom. The van der Waals surface area contributed by atoms with Crippen LogP contribution in [0.2, 0.25) is 0 Å². The Kier molecular flexibility index (Phi) is 4.07. The number of aryl methyl sites for hydroxylation is 2. The van der Waals surface area contributed by atoms with Crippen LogP contribution in [0, 0.1) is 17.0 Å². The van der Waals surface area contributed by atoms with Crippen molar-refractivity contribution in [3.05, 3.63) is 46.7 Å². The molecule has 2 rings (SSSR count). The molecule has 0 saturated carbocycles. The summed E-state index contributed by atoms with van der Waals surface area (Å²) in [5.74, 6) is 0.691. The van der Waals surface area contributed by atoms with Gasteiger partial charge in [-0.3, -0.25) is 10.1 Å². The highest BCUT2D eigenvalue weighted by molar-refractivity contribution is 5.48. The second-order valence-electron chi connectivity index (χ2n) is 4.20. The smallest absolute Gasteiger partial charge is 0.287 e. The van der Waals surface area contributed by atoms with Crippen LogP contribution in [0.5, 0.6) is 0 Å². The van der Waals surface area contributed by atoms with E-state index >= 15 is 0 Å². The second-order valence-corrected chi connectivity index (χ2v) is 4.20. The molecule has 0 aliphatic heterocycles. The van der Waals surface area contributed by atoms with E-state index in [2.05, 4.69) is 15.3 Å². The molecule has 7 heteroatoms. The van der Waals surface area contributed by atoms with Crippen molar-refractivity contribution < 1.29 is 4.92 Å². The molecule has 0 fully saturated rings. The summed E-state index contributed by atoms with van der Waals surface area (Å²) < 4.78 is 2.00. The van der Waals surface area contributed by atoms with Crippen LogP contribution in [-0.4, -0.2) is 26.0 Å². The minimum atomic E-state index is -0.442. The van der Waals surface area contributed by atoms with E-state index in [-0.39, 0.29) is 5.69 Å². The maximum Gasteiger partial charge on any atom is 0.287 e. The SMILES string of the molecule is Cc1cc([N+](=O)[O-])cnc1NCCCn1ccnc1. The van der Waals surface area contributed by atoms with Crippen molar-refractivity contribution in [3.63, 3.8) is 0 Å². The highest BCUT2D eigenvalue weighted by Gasteiger charge is 2.08. The Labute approximate surface area is 110 Å². The average Bonchev–Trinajstić information content (AvgIpc) is 2.89. The summed E-state index contributed by atoms with van der Waals surface area (Å²) >= 11 is 0. The number of anilines is 1. The van der Waals surface area contributed by atoms with Gasteiger partial charge in [0.25, 0.3) is 5.69 Å². The first-order valence-corrected chi connectivity index (χ1v) is 5.97. The summed E-state index contributed by atoms with van der Waals surface area (Å²) in [6.45, 7) is 3.43. The van der Waals surface area contributed by atoms with Gasteiger partial charge in [0, 0.05) is 31.5 Å². The Balaban J connectivity index is 1.84. The molecule has 0 spiro atoms. The van der Waals surface area contributed by atoms with Crippen molar-refractivity contribution in [3.8, 4) is 0 Å². The van der Waals surface area contributed by atoms with Crippen molar-refractivity contribution in [2.24, 2.45) is 0 Å². The van der Waals surface area contributed by atoms with Crippen LogP contribution in [0.25, 0.3) is 0 Å². The standard InChI is InChI=1S/C12H15N5O2/c1-10-7-11(17(18)19)8-15-12(10)14-3-2-5-16-6-4-13-9-16/h4,6-9H,2-3,5H2,1H3,(H,14,15). The zero-order chi connectivity index (χ0) is 13.7. The van der Waals surface area contributed by atoms with E-state index in [1.54, 1.807) is 19.4 Å². The molecule has 0 aliphatic rings. The van der Waals surface area contributed by atoms with Gasteiger partial charge in [0.1, 0.15) is 12.0 Å². The molecule has 2 aromatic heterocycles. The van der Waals surface area contributed by atoms with Crippen molar-refractivity contribution in [2.45, 2.75) is 19.9 Å². The molecule has 0 radical (unpaired) electrons. The monoisotopic (exact) mass is 261 g/mol. The third kappa shape index (κ3) is 3.51. The van der Waals surface area contributed by atoms with Gasteiger partial charge in [-0.05, 0) is 18.9 Å². The Hall–Kier alpha value is -2.44. The zero-order valence-electron chi connectivity index (χ0n) is 10.6. The van der Waals surface area contributed by atoms with E-state index < -0.39 is 4.92 Å². The molecule has 2 heterocycles. The molecule has 2 aromatic rings. The van der Waals surface area contributed by atoms with Gasteiger partial charge in [0.15, 0.2) is 0 Å². The number of hydrogen-bond acceptors (Lipinski definition) is 5. The maximum absolute atomic E-state index is 10.6. The molecule has 0 atom stereocenters. The predicted molar refractivity (Wildman–Crippen MR) is 71.0 cm³/mol. The normalized spacial score (nSPS) is 10.4. The Bertz CT molecular complexity index is 553. The average molecular weight is 261 g/mol. The van der Waals surface area contributed by atoms with E-state index in [9.17, 15) is 10.1 Å². The maximum atomic E-state index is 10.6. The molecule has 0 amide bonds. The fourth-order valence-corrected chi connectivity index (χ4v) is 1.73. The van der Waals surface area contributed by atoms with Crippen molar-refractivity contribution in [1.29, 1.82) is 0 Å². The largest absolute Gasteiger partial charge is 0.370 e. The number of imidazole rings is 1. The quantitative estimate of drug-likeness (QED) is 0.488. The molecular weight excluding hydrogens is 246 g/mol. The minimum absolute atomic E-state index is 0.0152. The lowest BCUT2D eigenvalue weighted by Crippen LogP contribution is -2.08. The first kappa shape index (κ1) is 13.0. The molecular formula is C12H15N5O2. The van der Waals surface area contributed by atoms with Crippen LogP contribution in [0.3, 0.4) is 0 Å².